The molecule has 0 radical (unpaired) electrons. The summed E-state index contributed by atoms with van der Waals surface area (Å²) in [5.74, 6) is 1.41. The normalized spacial score (nSPS) is 11.5. The number of ether oxygens (including phenoxy) is 1. The Morgan fingerprint density at radius 1 is 1.11 bits per heavy atom. The number of nitrogens with zero attached hydrogens (tertiary/aromatic N) is 3. The van der Waals surface area contributed by atoms with Gasteiger partial charge in [0.05, 0.1) is 12.3 Å². The third kappa shape index (κ3) is 5.20. The largest absolute Gasteiger partial charge is 0.494 e. The van der Waals surface area contributed by atoms with Crippen LogP contribution in [0.2, 0.25) is 0 Å². The lowest BCUT2D eigenvalue weighted by Crippen LogP contribution is -2.28. The average Bonchev–Trinajstić information content (AvgIpc) is 2.62. The van der Waals surface area contributed by atoms with Gasteiger partial charge < -0.3 is 4.74 Å². The molecule has 2 heterocycles. The number of hydrogen-bond acceptors (Lipinski definition) is 4. The molecule has 0 aliphatic rings. The van der Waals surface area contributed by atoms with Gasteiger partial charge in [0.2, 0.25) is 0 Å². The lowest BCUT2D eigenvalue weighted by molar-refractivity contribution is 0.225. The molecule has 28 heavy (non-hydrogen) atoms. The highest BCUT2D eigenvalue weighted by Gasteiger charge is 2.12. The Morgan fingerprint density at radius 3 is 2.54 bits per heavy atom. The van der Waals surface area contributed by atoms with Crippen LogP contribution in [0.3, 0.4) is 0 Å². The molecule has 0 fully saturated rings. The number of fused-ring (bicyclic) bond motifs is 1. The molecule has 3 aromatic rings. The van der Waals surface area contributed by atoms with Gasteiger partial charge in [-0.25, -0.2) is 4.98 Å². The zero-order valence-electron chi connectivity index (χ0n) is 17.2. The van der Waals surface area contributed by atoms with Gasteiger partial charge in [0, 0.05) is 31.9 Å². The Labute approximate surface area is 166 Å². The predicted molar refractivity (Wildman–Crippen MR) is 113 cm³/mol. The standard InChI is InChI=1S/C23H29N3O2/c1-5-28-21-8-6-19(7-9-21)15-25(14-17(2)3)16-20-13-23(27)26-11-10-18(4)12-22(26)24-20/h6-13,17H,5,14-16H2,1-4H3. The number of benzene rings is 1. The summed E-state index contributed by atoms with van der Waals surface area (Å²) >= 11 is 0. The topological polar surface area (TPSA) is 46.8 Å². The van der Waals surface area contributed by atoms with E-state index in [1.165, 1.54) is 5.56 Å². The van der Waals surface area contributed by atoms with Crippen molar-refractivity contribution in [2.45, 2.75) is 40.8 Å². The molecular formula is C23H29N3O2. The van der Waals surface area contributed by atoms with Crippen molar-refractivity contribution in [3.63, 3.8) is 0 Å². The van der Waals surface area contributed by atoms with Crippen molar-refractivity contribution in [3.8, 4) is 5.75 Å². The maximum Gasteiger partial charge on any atom is 0.258 e. The molecule has 0 atom stereocenters. The highest BCUT2D eigenvalue weighted by atomic mass is 16.5. The van der Waals surface area contributed by atoms with Gasteiger partial charge in [-0.1, -0.05) is 26.0 Å². The van der Waals surface area contributed by atoms with Gasteiger partial charge in [-0.2, -0.15) is 0 Å². The van der Waals surface area contributed by atoms with Gasteiger partial charge in [-0.15, -0.1) is 0 Å². The highest BCUT2D eigenvalue weighted by molar-refractivity contribution is 5.41. The van der Waals surface area contributed by atoms with E-state index in [0.717, 1.165) is 30.1 Å². The summed E-state index contributed by atoms with van der Waals surface area (Å²) in [6.45, 7) is 11.5. The molecule has 0 amide bonds. The molecule has 0 aliphatic heterocycles. The smallest absolute Gasteiger partial charge is 0.258 e. The van der Waals surface area contributed by atoms with Gasteiger partial charge >= 0.3 is 0 Å². The second-order valence-electron chi connectivity index (χ2n) is 7.66. The van der Waals surface area contributed by atoms with Crippen molar-refractivity contribution in [2.24, 2.45) is 5.92 Å². The molecule has 148 valence electrons. The highest BCUT2D eigenvalue weighted by Crippen LogP contribution is 2.16. The maximum absolute atomic E-state index is 12.5. The van der Waals surface area contributed by atoms with Gasteiger partial charge in [0.25, 0.3) is 5.56 Å². The monoisotopic (exact) mass is 379 g/mol. The second-order valence-corrected chi connectivity index (χ2v) is 7.66. The van der Waals surface area contributed by atoms with Gasteiger partial charge in [0.1, 0.15) is 11.4 Å². The molecule has 0 unspecified atom stereocenters. The third-order valence-electron chi connectivity index (χ3n) is 4.53. The second kappa shape index (κ2) is 9.02. The van der Waals surface area contributed by atoms with E-state index in [9.17, 15) is 4.79 Å². The van der Waals surface area contributed by atoms with Crippen molar-refractivity contribution in [1.82, 2.24) is 14.3 Å². The van der Waals surface area contributed by atoms with Gasteiger partial charge in [-0.3, -0.25) is 14.1 Å². The molecule has 0 saturated carbocycles. The molecule has 0 bridgehead atoms. The van der Waals surface area contributed by atoms with Crippen molar-refractivity contribution in [3.05, 3.63) is 75.8 Å². The van der Waals surface area contributed by atoms with Gasteiger partial charge in [-0.05, 0) is 55.2 Å². The predicted octanol–water partition coefficient (Wildman–Crippen LogP) is 4.06. The lowest BCUT2D eigenvalue weighted by Gasteiger charge is -2.24. The fourth-order valence-electron chi connectivity index (χ4n) is 3.38. The summed E-state index contributed by atoms with van der Waals surface area (Å²) in [4.78, 5) is 19.5. The van der Waals surface area contributed by atoms with E-state index in [-0.39, 0.29) is 5.56 Å². The minimum absolute atomic E-state index is 0.0365. The number of rotatable bonds is 8. The molecule has 0 saturated heterocycles. The Hall–Kier alpha value is -2.66. The molecule has 5 nitrogen and oxygen atoms in total. The van der Waals surface area contributed by atoms with Crippen molar-refractivity contribution in [2.75, 3.05) is 13.2 Å². The summed E-state index contributed by atoms with van der Waals surface area (Å²) in [5, 5.41) is 0. The van der Waals surface area contributed by atoms with E-state index in [1.54, 1.807) is 16.7 Å². The van der Waals surface area contributed by atoms with Crippen LogP contribution in [0, 0.1) is 12.8 Å². The maximum atomic E-state index is 12.5. The number of aryl methyl sites for hydroxylation is 1. The summed E-state index contributed by atoms with van der Waals surface area (Å²) in [6.07, 6.45) is 1.79. The van der Waals surface area contributed by atoms with Crippen LogP contribution in [-0.4, -0.2) is 27.4 Å². The average molecular weight is 380 g/mol. The van der Waals surface area contributed by atoms with E-state index in [1.807, 2.05) is 38.1 Å². The molecule has 0 aliphatic carbocycles. The first-order valence-electron chi connectivity index (χ1n) is 9.87. The summed E-state index contributed by atoms with van der Waals surface area (Å²) in [7, 11) is 0. The number of hydrogen-bond donors (Lipinski definition) is 0. The van der Waals surface area contributed by atoms with Crippen LogP contribution in [0.25, 0.3) is 5.65 Å². The fraction of sp³-hybridized carbons (Fsp3) is 0.391. The Kier molecular flexibility index (Phi) is 6.47. The zero-order valence-corrected chi connectivity index (χ0v) is 17.2. The van der Waals surface area contributed by atoms with Crippen molar-refractivity contribution >= 4 is 5.65 Å². The first-order chi connectivity index (χ1) is 13.4. The minimum atomic E-state index is -0.0365. The van der Waals surface area contributed by atoms with E-state index < -0.39 is 0 Å². The third-order valence-corrected chi connectivity index (χ3v) is 4.53. The van der Waals surface area contributed by atoms with E-state index >= 15 is 0 Å². The summed E-state index contributed by atoms with van der Waals surface area (Å²) < 4.78 is 7.12. The van der Waals surface area contributed by atoms with Crippen molar-refractivity contribution in [1.29, 1.82) is 0 Å². The van der Waals surface area contributed by atoms with Crippen molar-refractivity contribution < 1.29 is 4.74 Å². The Bertz CT molecular complexity index is 977. The fourth-order valence-corrected chi connectivity index (χ4v) is 3.38. The van der Waals surface area contributed by atoms with Crippen LogP contribution >= 0.6 is 0 Å². The number of pyridine rings is 1. The van der Waals surface area contributed by atoms with Gasteiger partial charge in [0.15, 0.2) is 0 Å². The van der Waals surface area contributed by atoms with Crippen LogP contribution in [0.15, 0.2) is 53.5 Å². The van der Waals surface area contributed by atoms with Crippen LogP contribution in [0.4, 0.5) is 0 Å². The lowest BCUT2D eigenvalue weighted by atomic mass is 10.1. The van der Waals surface area contributed by atoms with E-state index in [4.69, 9.17) is 9.72 Å². The SMILES string of the molecule is CCOc1ccc(CN(Cc2cc(=O)n3ccc(C)cc3n2)CC(C)C)cc1. The van der Waals surface area contributed by atoms with Crippen LogP contribution in [-0.2, 0) is 13.1 Å². The summed E-state index contributed by atoms with van der Waals surface area (Å²) in [5.41, 5.74) is 3.79. The summed E-state index contributed by atoms with van der Waals surface area (Å²) in [6, 6.07) is 13.7. The molecule has 0 N–H and O–H groups in total. The molecular weight excluding hydrogens is 350 g/mol. The molecule has 2 aromatic heterocycles. The van der Waals surface area contributed by atoms with Crippen LogP contribution in [0.5, 0.6) is 5.75 Å². The van der Waals surface area contributed by atoms with E-state index in [2.05, 4.69) is 30.9 Å². The minimum Gasteiger partial charge on any atom is -0.494 e. The molecule has 5 heteroatoms. The first kappa shape index (κ1) is 20.1. The van der Waals surface area contributed by atoms with Crippen LogP contribution < -0.4 is 10.3 Å². The quantitative estimate of drug-likeness (QED) is 0.592. The first-order valence-corrected chi connectivity index (χ1v) is 9.87. The zero-order chi connectivity index (χ0) is 20.1. The molecule has 1 aromatic carbocycles. The molecule has 3 rings (SSSR count). The van der Waals surface area contributed by atoms with Crippen LogP contribution in [0.1, 0.15) is 37.6 Å². The number of aromatic nitrogens is 2. The van der Waals surface area contributed by atoms with E-state index in [0.29, 0.717) is 24.7 Å². The Morgan fingerprint density at radius 2 is 1.86 bits per heavy atom. The molecule has 0 spiro atoms. The Balaban J connectivity index is 1.82.